The Morgan fingerprint density at radius 1 is 1.31 bits per heavy atom. The van der Waals surface area contributed by atoms with Gasteiger partial charge in [-0.05, 0) is 17.7 Å². The van der Waals surface area contributed by atoms with Crippen molar-refractivity contribution in [1.82, 2.24) is 0 Å². The predicted octanol–water partition coefficient (Wildman–Crippen LogP) is 1.70. The van der Waals surface area contributed by atoms with E-state index in [1.165, 1.54) is 0 Å². The number of aliphatic hydroxyl groups excluding tert-OH is 2. The summed E-state index contributed by atoms with van der Waals surface area (Å²) >= 11 is 0. The van der Waals surface area contributed by atoms with E-state index in [9.17, 15) is 5.11 Å². The minimum Gasteiger partial charge on any atom is -0.497 e. The molecule has 1 aromatic carbocycles. The van der Waals surface area contributed by atoms with Crippen molar-refractivity contribution in [3.8, 4) is 5.75 Å². The Hall–Kier alpha value is -1.32. The van der Waals surface area contributed by atoms with Gasteiger partial charge in [0.15, 0.2) is 0 Å². The van der Waals surface area contributed by atoms with E-state index in [1.54, 1.807) is 20.1 Å². The zero-order valence-electron chi connectivity index (χ0n) is 9.63. The van der Waals surface area contributed by atoms with Crippen molar-refractivity contribution in [1.29, 1.82) is 0 Å². The molecule has 0 bridgehead atoms. The molecule has 0 fully saturated rings. The minimum atomic E-state index is -0.618. The van der Waals surface area contributed by atoms with Crippen LogP contribution in [0.5, 0.6) is 5.75 Å². The predicted molar refractivity (Wildman–Crippen MR) is 64.3 cm³/mol. The highest BCUT2D eigenvalue weighted by Crippen LogP contribution is 2.13. The average Bonchev–Trinajstić information content (AvgIpc) is 2.35. The molecule has 0 saturated heterocycles. The Kier molecular flexibility index (Phi) is 5.02. The van der Waals surface area contributed by atoms with Crippen molar-refractivity contribution in [3.05, 3.63) is 35.9 Å². The lowest BCUT2D eigenvalue weighted by molar-refractivity contribution is 0.112. The monoisotopic (exact) mass is 222 g/mol. The average molecular weight is 222 g/mol. The van der Waals surface area contributed by atoms with Gasteiger partial charge < -0.3 is 14.9 Å². The van der Waals surface area contributed by atoms with Crippen LogP contribution in [-0.2, 0) is 0 Å². The smallest absolute Gasteiger partial charge is 0.118 e. The molecule has 0 unspecified atom stereocenters. The first-order valence-electron chi connectivity index (χ1n) is 5.28. The molecule has 0 amide bonds. The van der Waals surface area contributed by atoms with Crippen LogP contribution in [0.1, 0.15) is 12.5 Å². The summed E-state index contributed by atoms with van der Waals surface area (Å²) < 4.78 is 5.04. The van der Waals surface area contributed by atoms with Crippen LogP contribution >= 0.6 is 0 Å². The summed E-state index contributed by atoms with van der Waals surface area (Å²) in [6.45, 7) is 1.77. The normalized spacial score (nSPS) is 15.0. The van der Waals surface area contributed by atoms with Crippen molar-refractivity contribution < 1.29 is 14.9 Å². The summed E-state index contributed by atoms with van der Waals surface area (Å²) in [5.41, 5.74) is 0.991. The number of benzene rings is 1. The fourth-order valence-electron chi connectivity index (χ4n) is 1.22. The van der Waals surface area contributed by atoms with E-state index >= 15 is 0 Å². The summed E-state index contributed by atoms with van der Waals surface area (Å²) in [7, 11) is 1.62. The molecule has 1 aromatic rings. The van der Waals surface area contributed by atoms with Crippen LogP contribution in [-0.4, -0.2) is 30.0 Å². The summed E-state index contributed by atoms with van der Waals surface area (Å²) in [6.07, 6.45) is 2.89. The molecule has 0 spiro atoms. The van der Waals surface area contributed by atoms with E-state index in [0.717, 1.165) is 11.3 Å². The van der Waals surface area contributed by atoms with Crippen LogP contribution in [0.4, 0.5) is 0 Å². The number of ether oxygens (including phenoxy) is 1. The first-order valence-corrected chi connectivity index (χ1v) is 5.28. The van der Waals surface area contributed by atoms with Crippen LogP contribution < -0.4 is 4.74 Å². The number of hydrogen-bond acceptors (Lipinski definition) is 3. The van der Waals surface area contributed by atoms with Crippen LogP contribution in [0.15, 0.2) is 30.3 Å². The minimum absolute atomic E-state index is 0.0197. The number of aliphatic hydroxyl groups is 2. The maximum Gasteiger partial charge on any atom is 0.118 e. The first-order chi connectivity index (χ1) is 7.67. The van der Waals surface area contributed by atoms with Gasteiger partial charge in [-0.1, -0.05) is 31.2 Å². The molecule has 3 nitrogen and oxygen atoms in total. The molecule has 0 aliphatic rings. The van der Waals surface area contributed by atoms with Gasteiger partial charge in [-0.3, -0.25) is 0 Å². The molecule has 2 atom stereocenters. The molecule has 1 rings (SSSR count). The molecule has 0 saturated carbocycles. The Morgan fingerprint density at radius 3 is 2.44 bits per heavy atom. The van der Waals surface area contributed by atoms with E-state index < -0.39 is 6.10 Å². The van der Waals surface area contributed by atoms with Gasteiger partial charge in [0.1, 0.15) is 5.75 Å². The zero-order valence-corrected chi connectivity index (χ0v) is 9.63. The van der Waals surface area contributed by atoms with Gasteiger partial charge in [0.2, 0.25) is 0 Å². The van der Waals surface area contributed by atoms with E-state index in [-0.39, 0.29) is 12.5 Å². The van der Waals surface area contributed by atoms with Gasteiger partial charge in [-0.25, -0.2) is 0 Å². The fraction of sp³-hybridized carbons (Fsp3) is 0.385. The molecule has 16 heavy (non-hydrogen) atoms. The van der Waals surface area contributed by atoms with Gasteiger partial charge in [-0.15, -0.1) is 0 Å². The maximum absolute atomic E-state index is 9.61. The summed E-state index contributed by atoms with van der Waals surface area (Å²) in [6, 6.07) is 7.54. The highest BCUT2D eigenvalue weighted by atomic mass is 16.5. The molecule has 0 aromatic heterocycles. The number of rotatable bonds is 5. The molecule has 2 N–H and O–H groups in total. The third-order valence-electron chi connectivity index (χ3n) is 2.47. The van der Waals surface area contributed by atoms with E-state index in [0.29, 0.717) is 0 Å². The molecule has 0 aliphatic carbocycles. The number of hydrogen-bond donors (Lipinski definition) is 2. The SMILES string of the molecule is COc1ccc(/C=C/[C@@H](O)[C@H](C)CO)cc1. The molecular weight excluding hydrogens is 204 g/mol. The maximum atomic E-state index is 9.61. The molecule has 3 heteroatoms. The molecule has 0 radical (unpaired) electrons. The first kappa shape index (κ1) is 12.7. The Labute approximate surface area is 96.0 Å². The van der Waals surface area contributed by atoms with Gasteiger partial charge in [0, 0.05) is 12.5 Å². The van der Waals surface area contributed by atoms with Crippen LogP contribution in [0.2, 0.25) is 0 Å². The lowest BCUT2D eigenvalue weighted by Gasteiger charge is -2.11. The van der Waals surface area contributed by atoms with Gasteiger partial charge in [-0.2, -0.15) is 0 Å². The second-order valence-corrected chi connectivity index (χ2v) is 3.78. The number of methoxy groups -OCH3 is 1. The van der Waals surface area contributed by atoms with E-state index in [4.69, 9.17) is 9.84 Å². The molecule has 0 aliphatic heterocycles. The lowest BCUT2D eigenvalue weighted by atomic mass is 10.0. The third-order valence-corrected chi connectivity index (χ3v) is 2.47. The quantitative estimate of drug-likeness (QED) is 0.797. The van der Waals surface area contributed by atoms with E-state index in [1.807, 2.05) is 30.3 Å². The van der Waals surface area contributed by atoms with Crippen molar-refractivity contribution in [3.63, 3.8) is 0 Å². The van der Waals surface area contributed by atoms with Gasteiger partial charge in [0.05, 0.1) is 13.2 Å². The zero-order chi connectivity index (χ0) is 12.0. The second-order valence-electron chi connectivity index (χ2n) is 3.78. The highest BCUT2D eigenvalue weighted by molar-refractivity contribution is 5.51. The van der Waals surface area contributed by atoms with Crippen molar-refractivity contribution in [2.24, 2.45) is 5.92 Å². The van der Waals surface area contributed by atoms with Crippen molar-refractivity contribution in [2.45, 2.75) is 13.0 Å². The van der Waals surface area contributed by atoms with Crippen molar-refractivity contribution in [2.75, 3.05) is 13.7 Å². The van der Waals surface area contributed by atoms with Gasteiger partial charge >= 0.3 is 0 Å². The van der Waals surface area contributed by atoms with Crippen molar-refractivity contribution >= 4 is 6.08 Å². The van der Waals surface area contributed by atoms with E-state index in [2.05, 4.69) is 0 Å². The van der Waals surface area contributed by atoms with Crippen LogP contribution in [0.3, 0.4) is 0 Å². The van der Waals surface area contributed by atoms with Crippen LogP contribution in [0.25, 0.3) is 6.08 Å². The second kappa shape index (κ2) is 6.30. The lowest BCUT2D eigenvalue weighted by Crippen LogP contribution is -2.17. The Balaban J connectivity index is 2.61. The summed E-state index contributed by atoms with van der Waals surface area (Å²) in [5.74, 6) is 0.663. The Morgan fingerprint density at radius 2 is 1.94 bits per heavy atom. The summed E-state index contributed by atoms with van der Waals surface area (Å²) in [5, 5.41) is 18.5. The topological polar surface area (TPSA) is 49.7 Å². The largest absolute Gasteiger partial charge is 0.497 e. The fourth-order valence-corrected chi connectivity index (χ4v) is 1.22. The molecule has 0 heterocycles. The third kappa shape index (κ3) is 3.68. The summed E-state index contributed by atoms with van der Waals surface area (Å²) in [4.78, 5) is 0. The standard InChI is InChI=1S/C13H18O3/c1-10(9-14)13(15)8-5-11-3-6-12(16-2)7-4-11/h3-8,10,13-15H,9H2,1-2H3/b8-5+/t10-,13-/m1/s1. The Bertz CT molecular complexity index is 330. The van der Waals surface area contributed by atoms with Crippen LogP contribution in [0, 0.1) is 5.92 Å². The molecular formula is C13H18O3. The van der Waals surface area contributed by atoms with Gasteiger partial charge in [0.25, 0.3) is 0 Å². The molecule has 88 valence electrons. The highest BCUT2D eigenvalue weighted by Gasteiger charge is 2.08.